The van der Waals surface area contributed by atoms with E-state index in [-0.39, 0.29) is 36.5 Å². The van der Waals surface area contributed by atoms with Crippen LogP contribution in [0.25, 0.3) is 0 Å². The molecule has 0 spiro atoms. The zero-order valence-corrected chi connectivity index (χ0v) is 12.9. The first kappa shape index (κ1) is 16.1. The molecule has 2 aliphatic heterocycles. The fourth-order valence-electron chi connectivity index (χ4n) is 2.70. The third-order valence-electron chi connectivity index (χ3n) is 3.70. The molecule has 2 heterocycles. The maximum Gasteiger partial charge on any atom is 0.315 e. The van der Waals surface area contributed by atoms with Gasteiger partial charge in [-0.15, -0.1) is 0 Å². The summed E-state index contributed by atoms with van der Waals surface area (Å²) in [6.45, 7) is 0.153. The van der Waals surface area contributed by atoms with E-state index in [1.54, 1.807) is 7.05 Å². The molecule has 2 fully saturated rings. The van der Waals surface area contributed by atoms with Crippen LogP contribution in [0.15, 0.2) is 0 Å². The van der Waals surface area contributed by atoms with Crippen molar-refractivity contribution in [3.05, 3.63) is 0 Å². The van der Waals surface area contributed by atoms with Crippen LogP contribution in [0, 0.1) is 0 Å². The lowest BCUT2D eigenvalue weighted by atomic mass is 10.0. The summed E-state index contributed by atoms with van der Waals surface area (Å²) in [5, 5.41) is 11.3. The Bertz CT molecular complexity index is 418. The number of rotatable bonds is 7. The lowest BCUT2D eigenvalue weighted by Gasteiger charge is -2.16. The van der Waals surface area contributed by atoms with Gasteiger partial charge >= 0.3 is 6.03 Å². The lowest BCUT2D eigenvalue weighted by Crippen LogP contribution is -2.37. The van der Waals surface area contributed by atoms with Gasteiger partial charge < -0.3 is 16.0 Å². The Balaban J connectivity index is 1.59. The molecule has 2 rings (SSSR count). The maximum atomic E-state index is 11.5. The van der Waals surface area contributed by atoms with Crippen molar-refractivity contribution in [2.24, 2.45) is 0 Å². The van der Waals surface area contributed by atoms with E-state index in [0.29, 0.717) is 11.7 Å². The van der Waals surface area contributed by atoms with Crippen LogP contribution in [-0.4, -0.2) is 54.5 Å². The minimum Gasteiger partial charge on any atom is -0.332 e. The largest absolute Gasteiger partial charge is 0.332 e. The minimum atomic E-state index is -0.295. The smallest absolute Gasteiger partial charge is 0.315 e. The Labute approximate surface area is 128 Å². The number of nitrogens with one attached hydrogen (secondary N) is 4. The van der Waals surface area contributed by atoms with Crippen LogP contribution in [0.2, 0.25) is 0 Å². The minimum absolute atomic E-state index is 0.0716. The highest BCUT2D eigenvalue weighted by Crippen LogP contribution is 2.33. The van der Waals surface area contributed by atoms with Crippen LogP contribution < -0.4 is 21.3 Å². The number of likely N-dealkylation sites (N-methyl/N-ethyl adjacent to an activating group) is 1. The number of unbranched alkanes of at least 4 members (excludes halogenated alkanes) is 1. The number of urea groups is 1. The number of amides is 4. The highest BCUT2D eigenvalue weighted by Gasteiger charge is 2.42. The van der Waals surface area contributed by atoms with Gasteiger partial charge in [-0.05, 0) is 19.9 Å². The van der Waals surface area contributed by atoms with Crippen molar-refractivity contribution < 1.29 is 14.4 Å². The zero-order valence-electron chi connectivity index (χ0n) is 12.1. The molecule has 21 heavy (non-hydrogen) atoms. The average Bonchev–Trinajstić information content (AvgIpc) is 2.94. The van der Waals surface area contributed by atoms with Crippen LogP contribution >= 0.6 is 11.8 Å². The van der Waals surface area contributed by atoms with E-state index in [1.165, 1.54) is 0 Å². The Morgan fingerprint density at radius 1 is 1.29 bits per heavy atom. The SMILES string of the molecule is CNCC(=O)NC(=O)CCCC[C@@H]1SC[C@@H]2NC(=O)N[C@@H]21. The van der Waals surface area contributed by atoms with E-state index >= 15 is 0 Å². The van der Waals surface area contributed by atoms with E-state index < -0.39 is 0 Å². The fourth-order valence-corrected chi connectivity index (χ4v) is 4.24. The Morgan fingerprint density at radius 2 is 2.10 bits per heavy atom. The number of hydrogen-bond donors (Lipinski definition) is 4. The maximum absolute atomic E-state index is 11.5. The second-order valence-electron chi connectivity index (χ2n) is 5.37. The molecule has 0 aromatic heterocycles. The molecule has 2 saturated heterocycles. The van der Waals surface area contributed by atoms with Crippen molar-refractivity contribution in [1.29, 1.82) is 0 Å². The molecule has 0 aliphatic carbocycles. The second-order valence-corrected chi connectivity index (χ2v) is 6.64. The second kappa shape index (κ2) is 7.65. The quantitative estimate of drug-likeness (QED) is 0.378. The molecule has 118 valence electrons. The molecule has 0 saturated carbocycles. The van der Waals surface area contributed by atoms with Gasteiger partial charge in [0.15, 0.2) is 0 Å². The lowest BCUT2D eigenvalue weighted by molar-refractivity contribution is -0.129. The average molecular weight is 314 g/mol. The van der Waals surface area contributed by atoms with Gasteiger partial charge in [-0.3, -0.25) is 14.9 Å². The summed E-state index contributed by atoms with van der Waals surface area (Å²) in [5.74, 6) is 0.437. The Morgan fingerprint density at radius 3 is 2.86 bits per heavy atom. The van der Waals surface area contributed by atoms with Crippen molar-refractivity contribution in [2.75, 3.05) is 19.3 Å². The summed E-state index contributed by atoms with van der Waals surface area (Å²) < 4.78 is 0. The molecule has 8 heteroatoms. The molecule has 0 aromatic carbocycles. The molecule has 0 aromatic rings. The number of carbonyl (C=O) groups is 3. The molecule has 7 nitrogen and oxygen atoms in total. The van der Waals surface area contributed by atoms with Gasteiger partial charge in [0.1, 0.15) is 0 Å². The summed E-state index contributed by atoms with van der Waals surface area (Å²) in [7, 11) is 1.66. The molecule has 4 amide bonds. The van der Waals surface area contributed by atoms with Crippen LogP contribution in [-0.2, 0) is 9.59 Å². The molecule has 2 aliphatic rings. The number of imide groups is 1. The van der Waals surface area contributed by atoms with Gasteiger partial charge in [-0.25, -0.2) is 4.79 Å². The first-order valence-corrected chi connectivity index (χ1v) is 8.31. The molecule has 4 N–H and O–H groups in total. The van der Waals surface area contributed by atoms with Gasteiger partial charge in [0, 0.05) is 17.4 Å². The van der Waals surface area contributed by atoms with Crippen molar-refractivity contribution in [1.82, 2.24) is 21.3 Å². The van der Waals surface area contributed by atoms with Gasteiger partial charge in [-0.2, -0.15) is 11.8 Å². The number of thioether (sulfide) groups is 1. The highest BCUT2D eigenvalue weighted by molar-refractivity contribution is 8.00. The van der Waals surface area contributed by atoms with Gasteiger partial charge in [-0.1, -0.05) is 6.42 Å². The van der Waals surface area contributed by atoms with Gasteiger partial charge in [0.05, 0.1) is 18.6 Å². The van der Waals surface area contributed by atoms with Crippen molar-refractivity contribution >= 4 is 29.6 Å². The third-order valence-corrected chi connectivity index (χ3v) is 5.21. The molecule has 3 atom stereocenters. The van der Waals surface area contributed by atoms with E-state index in [0.717, 1.165) is 25.0 Å². The zero-order chi connectivity index (χ0) is 15.2. The molecule has 0 radical (unpaired) electrons. The molecule has 0 unspecified atom stereocenters. The van der Waals surface area contributed by atoms with Crippen molar-refractivity contribution in [2.45, 2.75) is 43.0 Å². The summed E-state index contributed by atoms with van der Waals surface area (Å²) >= 11 is 1.87. The topological polar surface area (TPSA) is 99.3 Å². The van der Waals surface area contributed by atoms with Crippen molar-refractivity contribution in [3.63, 3.8) is 0 Å². The van der Waals surface area contributed by atoms with Crippen LogP contribution in [0.5, 0.6) is 0 Å². The monoisotopic (exact) mass is 314 g/mol. The Hall–Kier alpha value is -1.28. The van der Waals surface area contributed by atoms with Crippen LogP contribution in [0.4, 0.5) is 4.79 Å². The van der Waals surface area contributed by atoms with Gasteiger partial charge in [0.2, 0.25) is 11.8 Å². The number of carbonyl (C=O) groups excluding carboxylic acids is 3. The number of hydrogen-bond acceptors (Lipinski definition) is 5. The molecular formula is C13H22N4O3S. The summed E-state index contributed by atoms with van der Waals surface area (Å²) in [5.41, 5.74) is 0. The summed E-state index contributed by atoms with van der Waals surface area (Å²) in [6.07, 6.45) is 3.02. The summed E-state index contributed by atoms with van der Waals surface area (Å²) in [6, 6.07) is 0.390. The molecule has 0 bridgehead atoms. The van der Waals surface area contributed by atoms with Crippen LogP contribution in [0.1, 0.15) is 25.7 Å². The highest BCUT2D eigenvalue weighted by atomic mass is 32.2. The standard InChI is InChI=1S/C13H22N4O3S/c1-14-6-11(19)16-10(18)5-3-2-4-9-12-8(7-21-9)15-13(20)17-12/h8-9,12,14H,2-7H2,1H3,(H2,15,17,20)(H,16,18,19)/t8-,9-,12-/m0/s1. The van der Waals surface area contributed by atoms with E-state index in [4.69, 9.17) is 0 Å². The molecular weight excluding hydrogens is 292 g/mol. The van der Waals surface area contributed by atoms with Crippen LogP contribution in [0.3, 0.4) is 0 Å². The van der Waals surface area contributed by atoms with E-state index in [1.807, 2.05) is 11.8 Å². The first-order chi connectivity index (χ1) is 10.1. The summed E-state index contributed by atoms with van der Waals surface area (Å²) in [4.78, 5) is 34.0. The Kier molecular flexibility index (Phi) is 5.86. The normalized spacial score (nSPS) is 26.9. The number of fused-ring (bicyclic) bond motifs is 1. The third kappa shape index (κ3) is 4.60. The van der Waals surface area contributed by atoms with E-state index in [9.17, 15) is 14.4 Å². The van der Waals surface area contributed by atoms with Crippen molar-refractivity contribution in [3.8, 4) is 0 Å². The van der Waals surface area contributed by atoms with Gasteiger partial charge in [0.25, 0.3) is 0 Å². The van der Waals surface area contributed by atoms with E-state index in [2.05, 4.69) is 21.3 Å². The predicted octanol–water partition coefficient (Wildman–Crippen LogP) is -0.426. The predicted molar refractivity (Wildman–Crippen MR) is 81.0 cm³/mol. The fraction of sp³-hybridized carbons (Fsp3) is 0.769. The first-order valence-electron chi connectivity index (χ1n) is 7.26.